The molecule has 2 fully saturated rings. The summed E-state index contributed by atoms with van der Waals surface area (Å²) in [6, 6.07) is 7.86. The number of hydrogen-bond acceptors (Lipinski definition) is 9. The smallest absolute Gasteiger partial charge is 0.415 e. The molecule has 0 N–H and O–H groups in total. The van der Waals surface area contributed by atoms with Gasteiger partial charge in [0, 0.05) is 42.1 Å². The van der Waals surface area contributed by atoms with Crippen molar-refractivity contribution in [2.75, 3.05) is 26.2 Å². The Morgan fingerprint density at radius 1 is 0.942 bits per heavy atom. The molecular weight excluding hydrogens is 660 g/mol. The Morgan fingerprint density at radius 2 is 1.71 bits per heavy atom. The van der Waals surface area contributed by atoms with Gasteiger partial charge < -0.3 is 28.6 Å². The fraction of sp³-hybridized carbons (Fsp3) is 0.585. The summed E-state index contributed by atoms with van der Waals surface area (Å²) >= 11 is 0. The highest BCUT2D eigenvalue weighted by atomic mass is 16.6. The minimum Gasteiger partial charge on any atom is -0.457 e. The number of esters is 2. The van der Waals surface area contributed by atoms with Crippen LogP contribution >= 0.6 is 0 Å². The van der Waals surface area contributed by atoms with Crippen LogP contribution < -0.4 is 10.3 Å². The van der Waals surface area contributed by atoms with Gasteiger partial charge in [0.1, 0.15) is 12.4 Å². The third-order valence-electron chi connectivity index (χ3n) is 11.7. The second kappa shape index (κ2) is 15.4. The fourth-order valence-corrected chi connectivity index (χ4v) is 8.75. The lowest BCUT2D eigenvalue weighted by atomic mass is 9.85. The molecule has 0 bridgehead atoms. The summed E-state index contributed by atoms with van der Waals surface area (Å²) in [5.41, 5.74) is 2.63. The molecule has 2 aromatic heterocycles. The van der Waals surface area contributed by atoms with E-state index in [2.05, 4.69) is 18.7 Å². The number of unbranched alkanes of at least 4 members (excludes halogenated alkanes) is 4. The lowest BCUT2D eigenvalue weighted by Gasteiger charge is -2.39. The molecule has 11 heteroatoms. The number of fused-ring (bicyclic) bond motifs is 5. The monoisotopic (exact) mass is 712 g/mol. The number of rotatable bonds is 11. The number of aromatic nitrogens is 2. The highest BCUT2D eigenvalue weighted by Crippen LogP contribution is 2.42. The van der Waals surface area contributed by atoms with Gasteiger partial charge in [0.25, 0.3) is 5.56 Å². The quantitative estimate of drug-likeness (QED) is 0.120. The summed E-state index contributed by atoms with van der Waals surface area (Å²) in [5.74, 6) is -0.663. The van der Waals surface area contributed by atoms with Crippen LogP contribution in [0.25, 0.3) is 22.3 Å². The predicted octanol–water partition coefficient (Wildman–Crippen LogP) is 7.00. The first kappa shape index (κ1) is 36.1. The number of likely N-dealkylation sites (tertiary alicyclic amines) is 2. The molecule has 6 heterocycles. The number of pyridine rings is 2. The van der Waals surface area contributed by atoms with E-state index in [4.69, 9.17) is 19.2 Å². The molecule has 0 aliphatic carbocycles. The number of amides is 1. The summed E-state index contributed by atoms with van der Waals surface area (Å²) in [7, 11) is 0. The molecule has 4 aliphatic rings. The molecule has 11 nitrogen and oxygen atoms in total. The van der Waals surface area contributed by atoms with Gasteiger partial charge in [-0.15, -0.1) is 0 Å². The van der Waals surface area contributed by atoms with Crippen LogP contribution in [0.4, 0.5) is 4.79 Å². The van der Waals surface area contributed by atoms with Crippen molar-refractivity contribution in [1.29, 1.82) is 0 Å². The van der Waals surface area contributed by atoms with Gasteiger partial charge in [0.2, 0.25) is 5.60 Å². The Hall–Kier alpha value is -4.25. The fourth-order valence-electron chi connectivity index (χ4n) is 8.75. The van der Waals surface area contributed by atoms with E-state index in [0.29, 0.717) is 72.3 Å². The number of aryl methyl sites for hydroxylation is 1. The molecule has 3 aromatic rings. The molecule has 4 aliphatic heterocycles. The molecule has 0 radical (unpaired) electrons. The van der Waals surface area contributed by atoms with Crippen LogP contribution in [-0.2, 0) is 44.2 Å². The Morgan fingerprint density at radius 3 is 2.44 bits per heavy atom. The van der Waals surface area contributed by atoms with Crippen LogP contribution in [0.15, 0.2) is 29.1 Å². The van der Waals surface area contributed by atoms with E-state index in [1.165, 1.54) is 19.3 Å². The summed E-state index contributed by atoms with van der Waals surface area (Å²) in [4.78, 5) is 63.3. The lowest BCUT2D eigenvalue weighted by Crippen LogP contribution is -2.48. The third-order valence-corrected chi connectivity index (χ3v) is 11.7. The first-order valence-corrected chi connectivity index (χ1v) is 19.6. The number of piperidine rings is 2. The summed E-state index contributed by atoms with van der Waals surface area (Å²) < 4.78 is 19.1. The van der Waals surface area contributed by atoms with E-state index in [0.717, 1.165) is 68.1 Å². The number of carbonyl (C=O) groups excluding carboxylic acids is 3. The molecule has 7 rings (SSSR count). The zero-order valence-corrected chi connectivity index (χ0v) is 31.0. The molecular formula is C41H52N4O7. The minimum absolute atomic E-state index is 0.138. The van der Waals surface area contributed by atoms with Crippen molar-refractivity contribution < 1.29 is 28.6 Å². The van der Waals surface area contributed by atoms with Gasteiger partial charge in [-0.3, -0.25) is 9.59 Å². The van der Waals surface area contributed by atoms with Crippen LogP contribution in [0, 0.1) is 0 Å². The van der Waals surface area contributed by atoms with E-state index >= 15 is 0 Å². The van der Waals surface area contributed by atoms with E-state index in [-0.39, 0.29) is 31.1 Å². The molecule has 52 heavy (non-hydrogen) atoms. The van der Waals surface area contributed by atoms with Crippen molar-refractivity contribution in [3.63, 3.8) is 0 Å². The molecule has 278 valence electrons. The average molecular weight is 713 g/mol. The normalized spacial score (nSPS) is 20.3. The Bertz CT molecular complexity index is 1910. The van der Waals surface area contributed by atoms with Crippen molar-refractivity contribution in [3.05, 3.63) is 56.9 Å². The zero-order chi connectivity index (χ0) is 36.4. The number of carbonyl (C=O) groups is 3. The van der Waals surface area contributed by atoms with Crippen LogP contribution in [0.3, 0.4) is 0 Å². The number of hydrogen-bond donors (Lipinski definition) is 0. The molecule has 2 saturated heterocycles. The number of benzene rings is 1. The van der Waals surface area contributed by atoms with Crippen molar-refractivity contribution in [2.24, 2.45) is 0 Å². The van der Waals surface area contributed by atoms with Crippen LogP contribution in [0.5, 0.6) is 5.75 Å². The summed E-state index contributed by atoms with van der Waals surface area (Å²) in [5, 5.41) is 0.871. The van der Waals surface area contributed by atoms with Gasteiger partial charge in [-0.05, 0) is 87.9 Å². The maximum atomic E-state index is 14.1. The average Bonchev–Trinajstić information content (AvgIpc) is 3.53. The second-order valence-corrected chi connectivity index (χ2v) is 14.8. The minimum atomic E-state index is -1.70. The van der Waals surface area contributed by atoms with Crippen molar-refractivity contribution in [3.8, 4) is 17.1 Å². The molecule has 1 atom stereocenters. The Labute approximate surface area is 305 Å². The van der Waals surface area contributed by atoms with Crippen molar-refractivity contribution >= 4 is 28.9 Å². The first-order chi connectivity index (χ1) is 25.3. The van der Waals surface area contributed by atoms with Gasteiger partial charge in [-0.2, -0.15) is 0 Å². The molecule has 0 spiro atoms. The number of nitrogens with zero attached hydrogens (tertiary/aromatic N) is 4. The first-order valence-electron chi connectivity index (χ1n) is 19.6. The maximum absolute atomic E-state index is 14.1. The van der Waals surface area contributed by atoms with Crippen LogP contribution in [0.2, 0.25) is 0 Å². The number of ether oxygens (including phenoxy) is 3. The summed E-state index contributed by atoms with van der Waals surface area (Å²) in [6.45, 7) is 9.80. The van der Waals surface area contributed by atoms with Gasteiger partial charge in [0.15, 0.2) is 0 Å². The SMILES string of the molecule is CCCCCCCC(=O)O[C@]1(CC)C(=O)OCc2c1cc1n(c2=O)Cc2c-1nc1ccc(OC(=O)N3CCC(N4CCCCC4)CC3)cc1c2CC. The number of cyclic esters (lactones) is 1. The van der Waals surface area contributed by atoms with Gasteiger partial charge in [-0.1, -0.05) is 52.9 Å². The zero-order valence-electron chi connectivity index (χ0n) is 31.0. The van der Waals surface area contributed by atoms with E-state index in [1.807, 2.05) is 23.1 Å². The van der Waals surface area contributed by atoms with Crippen molar-refractivity contribution in [1.82, 2.24) is 19.4 Å². The molecule has 0 saturated carbocycles. The van der Waals surface area contributed by atoms with Crippen LogP contribution in [0.1, 0.15) is 120 Å². The second-order valence-electron chi connectivity index (χ2n) is 14.8. The lowest BCUT2D eigenvalue weighted by molar-refractivity contribution is -0.189. The van der Waals surface area contributed by atoms with E-state index < -0.39 is 17.5 Å². The van der Waals surface area contributed by atoms with Crippen molar-refractivity contribution in [2.45, 2.75) is 129 Å². The highest BCUT2D eigenvalue weighted by Gasteiger charge is 2.50. The van der Waals surface area contributed by atoms with Crippen LogP contribution in [-0.4, -0.2) is 69.6 Å². The predicted molar refractivity (Wildman–Crippen MR) is 197 cm³/mol. The van der Waals surface area contributed by atoms with E-state index in [9.17, 15) is 19.2 Å². The topological polar surface area (TPSA) is 120 Å². The molecule has 1 amide bonds. The molecule has 1 aromatic carbocycles. The van der Waals surface area contributed by atoms with Gasteiger partial charge >= 0.3 is 18.0 Å². The standard InChI is InChI=1S/C41H52N4O7/c1-4-7-8-9-11-14-36(46)52-41(6-3)33-24-35-37-31(25-45(35)38(47)32(33)26-50-39(41)48)29(5-2)30-23-28(15-16-34(30)42-37)51-40(49)44-21-17-27(18-22-44)43-19-12-10-13-20-43/h15-16,23-24,27H,4-14,17-22,25-26H2,1-3H3/t41-/m0/s1. The largest absolute Gasteiger partial charge is 0.457 e. The Kier molecular flexibility index (Phi) is 10.7. The highest BCUT2D eigenvalue weighted by molar-refractivity contribution is 5.91. The van der Waals surface area contributed by atoms with E-state index in [1.54, 1.807) is 17.6 Å². The molecule has 0 unspecified atom stereocenters. The summed E-state index contributed by atoms with van der Waals surface area (Å²) in [6.07, 6.45) is 11.3. The third kappa shape index (κ3) is 6.72. The maximum Gasteiger partial charge on any atom is 0.415 e. The van der Waals surface area contributed by atoms with Gasteiger partial charge in [0.05, 0.1) is 29.0 Å². The van der Waals surface area contributed by atoms with Gasteiger partial charge in [-0.25, -0.2) is 14.6 Å². The Balaban J connectivity index is 1.14.